The lowest BCUT2D eigenvalue weighted by molar-refractivity contribution is 0.300. The van der Waals surface area contributed by atoms with Crippen LogP contribution in [-0.2, 0) is 13.2 Å². The van der Waals surface area contributed by atoms with Gasteiger partial charge in [-0.3, -0.25) is 0 Å². The number of aryl methyl sites for hydroxylation is 1. The van der Waals surface area contributed by atoms with E-state index in [2.05, 4.69) is 5.32 Å². The van der Waals surface area contributed by atoms with Crippen molar-refractivity contribution in [2.45, 2.75) is 27.0 Å². The minimum Gasteiger partial charge on any atom is -0.489 e. The van der Waals surface area contributed by atoms with Crippen molar-refractivity contribution in [1.29, 1.82) is 0 Å². The van der Waals surface area contributed by atoms with Gasteiger partial charge in [-0.05, 0) is 54.9 Å². The summed E-state index contributed by atoms with van der Waals surface area (Å²) in [7, 11) is 0. The zero-order chi connectivity index (χ0) is 15.2. The molecular formula is C17H19F2NO. The van der Waals surface area contributed by atoms with Gasteiger partial charge >= 0.3 is 0 Å². The lowest BCUT2D eigenvalue weighted by Gasteiger charge is -2.13. The second-order valence-corrected chi connectivity index (χ2v) is 4.89. The van der Waals surface area contributed by atoms with E-state index in [9.17, 15) is 8.78 Å². The third kappa shape index (κ3) is 4.26. The van der Waals surface area contributed by atoms with Crippen LogP contribution in [0, 0.1) is 18.6 Å². The average molecular weight is 291 g/mol. The minimum atomic E-state index is -0.284. The van der Waals surface area contributed by atoms with Crippen molar-refractivity contribution in [2.75, 3.05) is 6.54 Å². The second kappa shape index (κ2) is 7.18. The van der Waals surface area contributed by atoms with E-state index in [0.29, 0.717) is 18.9 Å². The molecular weight excluding hydrogens is 272 g/mol. The fraction of sp³-hybridized carbons (Fsp3) is 0.294. The lowest BCUT2D eigenvalue weighted by atomic mass is 10.1. The average Bonchev–Trinajstić information content (AvgIpc) is 2.45. The van der Waals surface area contributed by atoms with Crippen molar-refractivity contribution in [3.63, 3.8) is 0 Å². The molecule has 21 heavy (non-hydrogen) atoms. The molecule has 0 atom stereocenters. The molecule has 0 saturated heterocycles. The largest absolute Gasteiger partial charge is 0.489 e. The molecule has 0 unspecified atom stereocenters. The molecule has 0 aliphatic rings. The first-order valence-electron chi connectivity index (χ1n) is 6.97. The van der Waals surface area contributed by atoms with Gasteiger partial charge in [0.2, 0.25) is 0 Å². The van der Waals surface area contributed by atoms with Crippen LogP contribution in [0.2, 0.25) is 0 Å². The molecule has 2 rings (SSSR count). The predicted octanol–water partition coefficient (Wildman–Crippen LogP) is 3.96. The summed E-state index contributed by atoms with van der Waals surface area (Å²) in [5.74, 6) is 0.0974. The Labute approximate surface area is 123 Å². The maximum Gasteiger partial charge on any atom is 0.124 e. The third-order valence-corrected chi connectivity index (χ3v) is 3.28. The van der Waals surface area contributed by atoms with Crippen molar-refractivity contribution >= 4 is 0 Å². The topological polar surface area (TPSA) is 21.3 Å². The van der Waals surface area contributed by atoms with Crippen LogP contribution in [0.5, 0.6) is 5.75 Å². The van der Waals surface area contributed by atoms with E-state index in [1.807, 2.05) is 13.8 Å². The number of ether oxygens (including phenoxy) is 1. The molecule has 4 heteroatoms. The summed E-state index contributed by atoms with van der Waals surface area (Å²) in [5.41, 5.74) is 2.53. The molecule has 0 spiro atoms. The van der Waals surface area contributed by atoms with E-state index in [1.165, 1.54) is 24.3 Å². The first kappa shape index (κ1) is 15.4. The van der Waals surface area contributed by atoms with Gasteiger partial charge in [-0.15, -0.1) is 0 Å². The van der Waals surface area contributed by atoms with Crippen molar-refractivity contribution in [2.24, 2.45) is 0 Å². The van der Waals surface area contributed by atoms with E-state index in [0.717, 1.165) is 23.2 Å². The van der Waals surface area contributed by atoms with Gasteiger partial charge < -0.3 is 10.1 Å². The van der Waals surface area contributed by atoms with E-state index >= 15 is 0 Å². The van der Waals surface area contributed by atoms with Crippen LogP contribution in [-0.4, -0.2) is 6.54 Å². The molecule has 2 aromatic carbocycles. The lowest BCUT2D eigenvalue weighted by Crippen LogP contribution is -2.13. The molecule has 0 aliphatic carbocycles. The van der Waals surface area contributed by atoms with E-state index in [-0.39, 0.29) is 11.6 Å². The molecule has 2 nitrogen and oxygen atoms in total. The number of rotatable bonds is 6. The van der Waals surface area contributed by atoms with Crippen molar-refractivity contribution in [3.8, 4) is 5.75 Å². The van der Waals surface area contributed by atoms with Crippen molar-refractivity contribution < 1.29 is 13.5 Å². The Kier molecular flexibility index (Phi) is 5.28. The standard InChI is InChI=1S/C17H19F2NO/c1-3-20-10-14-9-16(19)6-7-17(14)21-11-13-4-5-15(18)8-12(13)2/h4-9,20H,3,10-11H2,1-2H3. The molecule has 0 saturated carbocycles. The van der Waals surface area contributed by atoms with Crippen LogP contribution in [0.25, 0.3) is 0 Å². The first-order chi connectivity index (χ1) is 10.1. The molecule has 0 fully saturated rings. The molecule has 0 aliphatic heterocycles. The Morgan fingerprint density at radius 3 is 2.43 bits per heavy atom. The number of hydrogen-bond acceptors (Lipinski definition) is 2. The van der Waals surface area contributed by atoms with Gasteiger partial charge in [-0.1, -0.05) is 13.0 Å². The fourth-order valence-corrected chi connectivity index (χ4v) is 2.06. The zero-order valence-corrected chi connectivity index (χ0v) is 12.2. The first-order valence-corrected chi connectivity index (χ1v) is 6.97. The van der Waals surface area contributed by atoms with Gasteiger partial charge in [0.25, 0.3) is 0 Å². The Hall–Kier alpha value is -1.94. The quantitative estimate of drug-likeness (QED) is 0.869. The summed E-state index contributed by atoms with van der Waals surface area (Å²) in [6.07, 6.45) is 0. The monoisotopic (exact) mass is 291 g/mol. The number of benzene rings is 2. The highest BCUT2D eigenvalue weighted by Crippen LogP contribution is 2.22. The van der Waals surface area contributed by atoms with Crippen LogP contribution in [0.3, 0.4) is 0 Å². The smallest absolute Gasteiger partial charge is 0.124 e. The summed E-state index contributed by atoms with van der Waals surface area (Å²) >= 11 is 0. The van der Waals surface area contributed by atoms with Crippen LogP contribution < -0.4 is 10.1 Å². The molecule has 0 amide bonds. The molecule has 0 aromatic heterocycles. The van der Waals surface area contributed by atoms with Crippen LogP contribution in [0.4, 0.5) is 8.78 Å². The molecule has 0 heterocycles. The normalized spacial score (nSPS) is 10.7. The SMILES string of the molecule is CCNCc1cc(F)ccc1OCc1ccc(F)cc1C. The summed E-state index contributed by atoms with van der Waals surface area (Å²) in [6, 6.07) is 9.07. The van der Waals surface area contributed by atoms with E-state index in [4.69, 9.17) is 4.74 Å². The van der Waals surface area contributed by atoms with Gasteiger partial charge in [0.1, 0.15) is 24.0 Å². The Morgan fingerprint density at radius 2 is 1.71 bits per heavy atom. The number of hydrogen-bond donors (Lipinski definition) is 1. The molecule has 2 aromatic rings. The highest BCUT2D eigenvalue weighted by molar-refractivity contribution is 5.35. The molecule has 1 N–H and O–H groups in total. The van der Waals surface area contributed by atoms with Gasteiger partial charge in [0.15, 0.2) is 0 Å². The van der Waals surface area contributed by atoms with Gasteiger partial charge in [-0.2, -0.15) is 0 Å². The Morgan fingerprint density at radius 1 is 1.00 bits per heavy atom. The Bertz CT molecular complexity index is 614. The minimum absolute atomic E-state index is 0.258. The summed E-state index contributed by atoms with van der Waals surface area (Å²) in [6.45, 7) is 5.50. The van der Waals surface area contributed by atoms with E-state index in [1.54, 1.807) is 12.1 Å². The van der Waals surface area contributed by atoms with Crippen LogP contribution >= 0.6 is 0 Å². The summed E-state index contributed by atoms with van der Waals surface area (Å²) in [4.78, 5) is 0. The van der Waals surface area contributed by atoms with E-state index < -0.39 is 0 Å². The number of nitrogens with one attached hydrogen (secondary N) is 1. The molecule has 0 radical (unpaired) electrons. The molecule has 112 valence electrons. The molecule has 0 bridgehead atoms. The zero-order valence-electron chi connectivity index (χ0n) is 12.2. The Balaban J connectivity index is 2.11. The second-order valence-electron chi connectivity index (χ2n) is 4.89. The van der Waals surface area contributed by atoms with Crippen molar-refractivity contribution in [1.82, 2.24) is 5.32 Å². The summed E-state index contributed by atoms with van der Waals surface area (Å²) < 4.78 is 32.2. The fourth-order valence-electron chi connectivity index (χ4n) is 2.06. The highest BCUT2D eigenvalue weighted by atomic mass is 19.1. The van der Waals surface area contributed by atoms with Crippen LogP contribution in [0.15, 0.2) is 36.4 Å². The summed E-state index contributed by atoms with van der Waals surface area (Å²) in [5, 5.41) is 3.15. The predicted molar refractivity (Wildman–Crippen MR) is 79.2 cm³/mol. The van der Waals surface area contributed by atoms with Gasteiger partial charge in [-0.25, -0.2) is 8.78 Å². The highest BCUT2D eigenvalue weighted by Gasteiger charge is 2.07. The third-order valence-electron chi connectivity index (χ3n) is 3.28. The maximum atomic E-state index is 13.3. The van der Waals surface area contributed by atoms with Gasteiger partial charge in [0, 0.05) is 12.1 Å². The van der Waals surface area contributed by atoms with Crippen LogP contribution in [0.1, 0.15) is 23.6 Å². The van der Waals surface area contributed by atoms with Gasteiger partial charge in [0.05, 0.1) is 0 Å². The van der Waals surface area contributed by atoms with Crippen molar-refractivity contribution in [3.05, 3.63) is 64.7 Å². The number of halogens is 2. The maximum absolute atomic E-state index is 13.3.